The summed E-state index contributed by atoms with van der Waals surface area (Å²) in [6, 6.07) is 15.2. The van der Waals surface area contributed by atoms with Gasteiger partial charge in [0.05, 0.1) is 28.9 Å². The smallest absolute Gasteiger partial charge is 0.420 e. The van der Waals surface area contributed by atoms with Gasteiger partial charge < -0.3 is 9.14 Å². The molecule has 1 amide bonds. The molecule has 0 spiro atoms. The maximum Gasteiger partial charge on any atom is 0.420 e. The predicted molar refractivity (Wildman–Crippen MR) is 123 cm³/mol. The van der Waals surface area contributed by atoms with Crippen LogP contribution in [0.5, 0.6) is 0 Å². The lowest BCUT2D eigenvalue weighted by Crippen LogP contribution is -2.35. The number of imidazole rings is 1. The van der Waals surface area contributed by atoms with Gasteiger partial charge in [0.2, 0.25) is 0 Å². The standard InChI is InChI=1S/C24H23ClN4O2/c1-16-9-8-12-18(25)21(16)29(23(30)31-24(2,3)4)22-20-13-26-15-28(20)14-19(27-22)17-10-6-5-7-11-17/h5-15H,1-4H3. The Bertz CT molecular complexity index is 1230. The first kappa shape index (κ1) is 20.9. The Morgan fingerprint density at radius 3 is 2.52 bits per heavy atom. The monoisotopic (exact) mass is 434 g/mol. The molecule has 2 aromatic heterocycles. The van der Waals surface area contributed by atoms with E-state index in [0.717, 1.165) is 11.1 Å². The van der Waals surface area contributed by atoms with Gasteiger partial charge in [-0.25, -0.2) is 19.7 Å². The van der Waals surface area contributed by atoms with Crippen molar-refractivity contribution in [1.82, 2.24) is 14.4 Å². The Balaban J connectivity index is 1.99. The number of anilines is 2. The maximum atomic E-state index is 13.5. The molecule has 0 radical (unpaired) electrons. The number of rotatable bonds is 3. The zero-order valence-corrected chi connectivity index (χ0v) is 18.6. The summed E-state index contributed by atoms with van der Waals surface area (Å²) in [6.45, 7) is 7.37. The van der Waals surface area contributed by atoms with Gasteiger partial charge in [-0.2, -0.15) is 0 Å². The fraction of sp³-hybridized carbons (Fsp3) is 0.208. The molecule has 31 heavy (non-hydrogen) atoms. The minimum absolute atomic E-state index is 0.393. The topological polar surface area (TPSA) is 59.7 Å². The molecule has 0 fully saturated rings. The molecular formula is C24H23ClN4O2. The number of aryl methyl sites for hydroxylation is 1. The van der Waals surface area contributed by atoms with Crippen molar-refractivity contribution in [2.75, 3.05) is 4.90 Å². The summed E-state index contributed by atoms with van der Waals surface area (Å²) in [4.78, 5) is 24.0. The van der Waals surface area contributed by atoms with E-state index in [1.807, 2.05) is 80.8 Å². The normalized spacial score (nSPS) is 11.5. The van der Waals surface area contributed by atoms with E-state index in [2.05, 4.69) is 4.98 Å². The highest BCUT2D eigenvalue weighted by molar-refractivity contribution is 6.34. The lowest BCUT2D eigenvalue weighted by Gasteiger charge is -2.29. The van der Waals surface area contributed by atoms with Gasteiger partial charge in [-0.1, -0.05) is 54.1 Å². The first-order chi connectivity index (χ1) is 14.7. The maximum absolute atomic E-state index is 13.5. The number of fused-ring (bicyclic) bond motifs is 1. The van der Waals surface area contributed by atoms with Crippen LogP contribution in [0.2, 0.25) is 5.02 Å². The number of benzene rings is 2. The number of halogens is 1. The molecule has 0 aliphatic carbocycles. The van der Waals surface area contributed by atoms with Crippen LogP contribution in [0.25, 0.3) is 16.8 Å². The first-order valence-corrected chi connectivity index (χ1v) is 10.3. The third-order valence-corrected chi connectivity index (χ3v) is 4.96. The van der Waals surface area contributed by atoms with Crippen molar-refractivity contribution in [3.8, 4) is 11.3 Å². The van der Waals surface area contributed by atoms with Crippen LogP contribution < -0.4 is 4.90 Å². The highest BCUT2D eigenvalue weighted by Gasteiger charge is 2.30. The van der Waals surface area contributed by atoms with Gasteiger partial charge in [0.25, 0.3) is 0 Å². The van der Waals surface area contributed by atoms with Crippen LogP contribution in [0.4, 0.5) is 16.3 Å². The van der Waals surface area contributed by atoms with E-state index < -0.39 is 11.7 Å². The zero-order valence-electron chi connectivity index (χ0n) is 17.8. The summed E-state index contributed by atoms with van der Waals surface area (Å²) < 4.78 is 7.59. The van der Waals surface area contributed by atoms with Gasteiger partial charge in [0.15, 0.2) is 5.82 Å². The van der Waals surface area contributed by atoms with Gasteiger partial charge >= 0.3 is 6.09 Å². The van der Waals surface area contributed by atoms with Crippen molar-refractivity contribution in [3.05, 3.63) is 77.8 Å². The molecule has 6 nitrogen and oxygen atoms in total. The fourth-order valence-corrected chi connectivity index (χ4v) is 3.63. The van der Waals surface area contributed by atoms with Gasteiger partial charge in [-0.3, -0.25) is 0 Å². The summed E-state index contributed by atoms with van der Waals surface area (Å²) in [7, 11) is 0. The average Bonchev–Trinajstić information content (AvgIpc) is 3.18. The molecule has 0 bridgehead atoms. The molecular weight excluding hydrogens is 412 g/mol. The molecule has 0 saturated carbocycles. The lowest BCUT2D eigenvalue weighted by molar-refractivity contribution is 0.0598. The van der Waals surface area contributed by atoms with E-state index in [1.165, 1.54) is 4.90 Å². The number of para-hydroxylation sites is 1. The largest absolute Gasteiger partial charge is 0.443 e. The molecule has 0 aliphatic heterocycles. The number of nitrogens with zero attached hydrogens (tertiary/aromatic N) is 4. The molecule has 0 aliphatic rings. The fourth-order valence-electron chi connectivity index (χ4n) is 3.32. The zero-order chi connectivity index (χ0) is 22.2. The summed E-state index contributed by atoms with van der Waals surface area (Å²) >= 11 is 6.57. The minimum atomic E-state index is -0.696. The highest BCUT2D eigenvalue weighted by atomic mass is 35.5. The van der Waals surface area contributed by atoms with E-state index in [1.54, 1.807) is 18.6 Å². The molecule has 0 saturated heterocycles. The summed E-state index contributed by atoms with van der Waals surface area (Å²) in [5, 5.41) is 0.426. The molecule has 0 N–H and O–H groups in total. The van der Waals surface area contributed by atoms with Crippen LogP contribution in [0.15, 0.2) is 67.3 Å². The third-order valence-electron chi connectivity index (χ3n) is 4.65. The lowest BCUT2D eigenvalue weighted by atomic mass is 10.1. The molecule has 0 unspecified atom stereocenters. The number of amides is 1. The Kier molecular flexibility index (Phi) is 5.41. The number of hydrogen-bond donors (Lipinski definition) is 0. The predicted octanol–water partition coefficient (Wildman–Crippen LogP) is 6.43. The second kappa shape index (κ2) is 8.04. The van der Waals surface area contributed by atoms with Crippen molar-refractivity contribution in [1.29, 1.82) is 0 Å². The number of carbonyl (C=O) groups is 1. The molecule has 2 heterocycles. The second-order valence-corrected chi connectivity index (χ2v) is 8.63. The van der Waals surface area contributed by atoms with Crippen LogP contribution in [0.1, 0.15) is 26.3 Å². The van der Waals surface area contributed by atoms with Crippen LogP contribution >= 0.6 is 11.6 Å². The van der Waals surface area contributed by atoms with Crippen molar-refractivity contribution < 1.29 is 9.53 Å². The van der Waals surface area contributed by atoms with Gasteiger partial charge in [0, 0.05) is 11.8 Å². The Morgan fingerprint density at radius 2 is 1.84 bits per heavy atom. The molecule has 7 heteroatoms. The van der Waals surface area contributed by atoms with E-state index >= 15 is 0 Å². The number of ether oxygens (including phenoxy) is 1. The number of hydrogen-bond acceptors (Lipinski definition) is 4. The quantitative estimate of drug-likeness (QED) is 0.372. The Hall–Kier alpha value is -3.38. The summed E-state index contributed by atoms with van der Waals surface area (Å²) in [5.41, 5.74) is 2.92. The van der Waals surface area contributed by atoms with Crippen molar-refractivity contribution in [2.45, 2.75) is 33.3 Å². The van der Waals surface area contributed by atoms with E-state index in [9.17, 15) is 4.79 Å². The van der Waals surface area contributed by atoms with Gasteiger partial charge in [-0.05, 0) is 39.3 Å². The van der Waals surface area contributed by atoms with Crippen molar-refractivity contribution in [2.24, 2.45) is 0 Å². The first-order valence-electron chi connectivity index (χ1n) is 9.91. The van der Waals surface area contributed by atoms with Gasteiger partial charge in [-0.15, -0.1) is 0 Å². The van der Waals surface area contributed by atoms with Crippen LogP contribution in [0.3, 0.4) is 0 Å². The van der Waals surface area contributed by atoms with Crippen LogP contribution in [-0.2, 0) is 4.74 Å². The molecule has 0 atom stereocenters. The van der Waals surface area contributed by atoms with Crippen molar-refractivity contribution in [3.63, 3.8) is 0 Å². The SMILES string of the molecule is Cc1cccc(Cl)c1N(C(=O)OC(C)(C)C)c1nc(-c2ccccc2)cn2cncc12. The van der Waals surface area contributed by atoms with E-state index in [-0.39, 0.29) is 0 Å². The van der Waals surface area contributed by atoms with Crippen LogP contribution in [0, 0.1) is 6.92 Å². The average molecular weight is 435 g/mol. The molecule has 4 rings (SSSR count). The molecule has 4 aromatic rings. The molecule has 158 valence electrons. The van der Waals surface area contributed by atoms with E-state index in [4.69, 9.17) is 21.3 Å². The summed E-state index contributed by atoms with van der Waals surface area (Å²) in [5.74, 6) is 0.393. The van der Waals surface area contributed by atoms with E-state index in [0.29, 0.717) is 27.7 Å². The second-order valence-electron chi connectivity index (χ2n) is 8.22. The van der Waals surface area contributed by atoms with Gasteiger partial charge in [0.1, 0.15) is 11.1 Å². The number of aromatic nitrogens is 3. The third kappa shape index (κ3) is 4.25. The Morgan fingerprint density at radius 1 is 1.10 bits per heavy atom. The highest BCUT2D eigenvalue weighted by Crippen LogP contribution is 2.38. The Labute approximate surface area is 186 Å². The molecule has 2 aromatic carbocycles. The summed E-state index contributed by atoms with van der Waals surface area (Å²) in [6.07, 6.45) is 4.67. The van der Waals surface area contributed by atoms with Crippen molar-refractivity contribution >= 4 is 34.7 Å². The van der Waals surface area contributed by atoms with Crippen LogP contribution in [-0.4, -0.2) is 26.1 Å². The number of carbonyl (C=O) groups excluding carboxylic acids is 1. The minimum Gasteiger partial charge on any atom is -0.443 e.